The van der Waals surface area contributed by atoms with Gasteiger partial charge in [-0.15, -0.1) is 0 Å². The Bertz CT molecular complexity index is 995. The Morgan fingerprint density at radius 3 is 2.79 bits per heavy atom. The monoisotopic (exact) mass is 340 g/mol. The minimum absolute atomic E-state index is 0.517. The zero-order valence-electron chi connectivity index (χ0n) is 12.8. The Morgan fingerprint density at radius 1 is 1.08 bits per heavy atom. The SMILES string of the molecule is Cn1nc2ccc(Oc3ccc(Cl)cc3Cn3cncn3)cc2n1. The summed E-state index contributed by atoms with van der Waals surface area (Å²) in [4.78, 5) is 5.49. The summed E-state index contributed by atoms with van der Waals surface area (Å²) >= 11 is 6.12. The highest BCUT2D eigenvalue weighted by Gasteiger charge is 2.09. The Kier molecular flexibility index (Phi) is 3.62. The van der Waals surface area contributed by atoms with Gasteiger partial charge < -0.3 is 4.74 Å². The number of fused-ring (bicyclic) bond motifs is 1. The second-order valence-electron chi connectivity index (χ2n) is 5.29. The van der Waals surface area contributed by atoms with Crippen LogP contribution in [0.3, 0.4) is 0 Å². The average molecular weight is 341 g/mol. The molecular formula is C16H13ClN6O. The van der Waals surface area contributed by atoms with Crippen LogP contribution >= 0.6 is 11.6 Å². The summed E-state index contributed by atoms with van der Waals surface area (Å²) in [6, 6.07) is 11.1. The summed E-state index contributed by atoms with van der Waals surface area (Å²) in [5.41, 5.74) is 2.51. The zero-order valence-corrected chi connectivity index (χ0v) is 13.6. The Morgan fingerprint density at radius 2 is 1.96 bits per heavy atom. The van der Waals surface area contributed by atoms with Gasteiger partial charge in [-0.05, 0) is 30.3 Å². The number of aromatic nitrogens is 6. The summed E-state index contributed by atoms with van der Waals surface area (Å²) in [6.45, 7) is 0.517. The number of ether oxygens (including phenoxy) is 1. The largest absolute Gasteiger partial charge is 0.457 e. The fourth-order valence-corrected chi connectivity index (χ4v) is 2.65. The standard InChI is InChI=1S/C16H13ClN6O/c1-22-20-14-4-3-13(7-15(14)21-22)24-16-5-2-12(17)6-11(16)8-23-10-18-9-19-23/h2-7,9-10H,8H2,1H3. The van der Waals surface area contributed by atoms with Gasteiger partial charge in [-0.2, -0.15) is 20.1 Å². The number of rotatable bonds is 4. The lowest BCUT2D eigenvalue weighted by molar-refractivity contribution is 0.472. The van der Waals surface area contributed by atoms with Gasteiger partial charge in [0.05, 0.1) is 6.54 Å². The highest BCUT2D eigenvalue weighted by atomic mass is 35.5. The van der Waals surface area contributed by atoms with Gasteiger partial charge in [0.2, 0.25) is 0 Å². The van der Waals surface area contributed by atoms with E-state index in [0.717, 1.165) is 16.6 Å². The first-order valence-corrected chi connectivity index (χ1v) is 7.65. The fraction of sp³-hybridized carbons (Fsp3) is 0.125. The van der Waals surface area contributed by atoms with Crippen LogP contribution < -0.4 is 4.74 Å². The number of halogens is 1. The van der Waals surface area contributed by atoms with Crippen LogP contribution in [0.15, 0.2) is 49.1 Å². The first-order chi connectivity index (χ1) is 11.7. The van der Waals surface area contributed by atoms with Crippen molar-refractivity contribution < 1.29 is 4.74 Å². The molecule has 120 valence electrons. The number of benzene rings is 2. The molecule has 0 unspecified atom stereocenters. The third-order valence-electron chi connectivity index (χ3n) is 3.50. The van der Waals surface area contributed by atoms with E-state index in [2.05, 4.69) is 20.3 Å². The predicted octanol–water partition coefficient (Wildman–Crippen LogP) is 3.05. The van der Waals surface area contributed by atoms with Gasteiger partial charge in [0.25, 0.3) is 0 Å². The predicted molar refractivity (Wildman–Crippen MR) is 89.2 cm³/mol. The van der Waals surface area contributed by atoms with Gasteiger partial charge in [0, 0.05) is 23.7 Å². The summed E-state index contributed by atoms with van der Waals surface area (Å²) in [7, 11) is 1.79. The molecule has 0 aliphatic heterocycles. The minimum atomic E-state index is 0.517. The molecule has 0 atom stereocenters. The van der Waals surface area contributed by atoms with Gasteiger partial charge >= 0.3 is 0 Å². The maximum atomic E-state index is 6.12. The van der Waals surface area contributed by atoms with Gasteiger partial charge in [-0.3, -0.25) is 0 Å². The molecule has 0 saturated carbocycles. The van der Waals surface area contributed by atoms with E-state index < -0.39 is 0 Å². The molecule has 0 amide bonds. The van der Waals surface area contributed by atoms with E-state index in [1.54, 1.807) is 24.1 Å². The molecule has 0 radical (unpaired) electrons. The second kappa shape index (κ2) is 5.93. The van der Waals surface area contributed by atoms with Crippen LogP contribution in [0, 0.1) is 0 Å². The lowest BCUT2D eigenvalue weighted by atomic mass is 10.2. The van der Waals surface area contributed by atoms with Crippen molar-refractivity contribution in [3.8, 4) is 11.5 Å². The van der Waals surface area contributed by atoms with Crippen LogP contribution in [-0.2, 0) is 13.6 Å². The first kappa shape index (κ1) is 14.6. The summed E-state index contributed by atoms with van der Waals surface area (Å²) in [6.07, 6.45) is 3.14. The summed E-state index contributed by atoms with van der Waals surface area (Å²) < 4.78 is 7.75. The fourth-order valence-electron chi connectivity index (χ4n) is 2.45. The van der Waals surface area contributed by atoms with E-state index in [9.17, 15) is 0 Å². The topological polar surface area (TPSA) is 70.7 Å². The molecule has 4 aromatic rings. The van der Waals surface area contributed by atoms with E-state index in [1.807, 2.05) is 30.3 Å². The van der Waals surface area contributed by atoms with E-state index in [1.165, 1.54) is 11.1 Å². The quantitative estimate of drug-likeness (QED) is 0.571. The second-order valence-corrected chi connectivity index (χ2v) is 5.72. The Hall–Kier alpha value is -2.93. The molecule has 8 heteroatoms. The molecule has 2 heterocycles. The molecule has 0 N–H and O–H groups in total. The molecule has 0 saturated heterocycles. The lowest BCUT2D eigenvalue weighted by Crippen LogP contribution is -2.02. The van der Waals surface area contributed by atoms with Gasteiger partial charge in [-0.1, -0.05) is 11.6 Å². The van der Waals surface area contributed by atoms with Crippen molar-refractivity contribution >= 4 is 22.6 Å². The molecule has 4 rings (SSSR count). The van der Waals surface area contributed by atoms with E-state index in [0.29, 0.717) is 23.1 Å². The normalized spacial score (nSPS) is 11.1. The van der Waals surface area contributed by atoms with Crippen LogP contribution in [0.4, 0.5) is 0 Å². The molecule has 2 aromatic carbocycles. The van der Waals surface area contributed by atoms with Crippen molar-refractivity contribution in [2.45, 2.75) is 6.54 Å². The third-order valence-corrected chi connectivity index (χ3v) is 3.74. The van der Waals surface area contributed by atoms with Gasteiger partial charge in [-0.25, -0.2) is 9.67 Å². The molecule has 0 aliphatic carbocycles. The van der Waals surface area contributed by atoms with Crippen molar-refractivity contribution in [2.75, 3.05) is 0 Å². The molecule has 0 fully saturated rings. The van der Waals surface area contributed by atoms with Crippen LogP contribution in [0.2, 0.25) is 5.02 Å². The van der Waals surface area contributed by atoms with Crippen molar-refractivity contribution in [2.24, 2.45) is 7.05 Å². The number of hydrogen-bond donors (Lipinski definition) is 0. The lowest BCUT2D eigenvalue weighted by Gasteiger charge is -2.11. The number of hydrogen-bond acceptors (Lipinski definition) is 5. The molecular weight excluding hydrogens is 328 g/mol. The average Bonchev–Trinajstić information content (AvgIpc) is 3.18. The maximum absolute atomic E-state index is 6.12. The van der Waals surface area contributed by atoms with Gasteiger partial charge in [0.1, 0.15) is 35.2 Å². The van der Waals surface area contributed by atoms with E-state index in [4.69, 9.17) is 16.3 Å². The number of aryl methyl sites for hydroxylation is 1. The molecule has 0 bridgehead atoms. The van der Waals surface area contributed by atoms with Crippen LogP contribution in [0.1, 0.15) is 5.56 Å². The molecule has 7 nitrogen and oxygen atoms in total. The smallest absolute Gasteiger partial charge is 0.137 e. The molecule has 2 aromatic heterocycles. The first-order valence-electron chi connectivity index (χ1n) is 7.27. The van der Waals surface area contributed by atoms with Crippen LogP contribution in [0.25, 0.3) is 11.0 Å². The maximum Gasteiger partial charge on any atom is 0.137 e. The zero-order chi connectivity index (χ0) is 16.5. The molecule has 0 spiro atoms. The van der Waals surface area contributed by atoms with Crippen molar-refractivity contribution in [3.05, 3.63) is 59.6 Å². The van der Waals surface area contributed by atoms with E-state index >= 15 is 0 Å². The van der Waals surface area contributed by atoms with Gasteiger partial charge in [0.15, 0.2) is 0 Å². The van der Waals surface area contributed by atoms with Crippen molar-refractivity contribution in [1.82, 2.24) is 29.8 Å². The van der Waals surface area contributed by atoms with Crippen molar-refractivity contribution in [3.63, 3.8) is 0 Å². The van der Waals surface area contributed by atoms with Crippen LogP contribution in [0.5, 0.6) is 11.5 Å². The van der Waals surface area contributed by atoms with Crippen molar-refractivity contribution in [1.29, 1.82) is 0 Å². The summed E-state index contributed by atoms with van der Waals surface area (Å²) in [5.74, 6) is 1.39. The Labute approximate surface area is 142 Å². The minimum Gasteiger partial charge on any atom is -0.457 e. The molecule has 0 aliphatic rings. The van der Waals surface area contributed by atoms with E-state index in [-0.39, 0.29) is 0 Å². The highest BCUT2D eigenvalue weighted by Crippen LogP contribution is 2.29. The van der Waals surface area contributed by atoms with Crippen LogP contribution in [-0.4, -0.2) is 29.8 Å². The highest BCUT2D eigenvalue weighted by molar-refractivity contribution is 6.30. The molecule has 24 heavy (non-hydrogen) atoms. The Balaban J connectivity index is 1.67. The third kappa shape index (κ3) is 2.93. The summed E-state index contributed by atoms with van der Waals surface area (Å²) in [5, 5.41) is 13.3. The number of nitrogens with zero attached hydrogens (tertiary/aromatic N) is 6.